The number of aromatic nitrogens is 3. The van der Waals surface area contributed by atoms with Gasteiger partial charge in [-0.1, -0.05) is 0 Å². The van der Waals surface area contributed by atoms with E-state index in [-0.39, 0.29) is 11.7 Å². The van der Waals surface area contributed by atoms with E-state index in [0.29, 0.717) is 24.4 Å². The highest BCUT2D eigenvalue weighted by molar-refractivity contribution is 6.04. The monoisotopic (exact) mass is 501 g/mol. The second-order valence-corrected chi connectivity index (χ2v) is 10.0. The van der Waals surface area contributed by atoms with Gasteiger partial charge in [-0.2, -0.15) is 0 Å². The molecule has 3 aromatic heterocycles. The van der Waals surface area contributed by atoms with Gasteiger partial charge in [0.2, 0.25) is 5.91 Å². The molecule has 0 radical (unpaired) electrons. The number of H-pyrrole nitrogens is 1. The lowest BCUT2D eigenvalue weighted by Gasteiger charge is -2.27. The fraction of sp³-hybridized carbons (Fsp3) is 0.286. The van der Waals surface area contributed by atoms with Crippen LogP contribution in [-0.4, -0.2) is 50.0 Å². The number of amides is 2. The molecule has 2 amide bonds. The van der Waals surface area contributed by atoms with Crippen LogP contribution in [0.25, 0.3) is 33.4 Å². The zero-order valence-electron chi connectivity index (χ0n) is 20.9. The Kier molecular flexibility index (Phi) is 6.37. The number of hydrogen-bond acceptors (Lipinski definition) is 5. The zero-order valence-corrected chi connectivity index (χ0v) is 20.9. The van der Waals surface area contributed by atoms with Crippen LogP contribution in [0.3, 0.4) is 0 Å². The van der Waals surface area contributed by atoms with E-state index in [1.165, 1.54) is 17.0 Å². The van der Waals surface area contributed by atoms with Crippen LogP contribution in [0.4, 0.5) is 15.0 Å². The average molecular weight is 502 g/mol. The number of nitrogens with zero attached hydrogens (tertiary/aromatic N) is 3. The average Bonchev–Trinajstić information content (AvgIpc) is 3.49. The first kappa shape index (κ1) is 24.4. The number of aromatic amines is 1. The van der Waals surface area contributed by atoms with Crippen molar-refractivity contribution in [3.8, 4) is 22.4 Å². The molecule has 1 saturated heterocycles. The fourth-order valence-electron chi connectivity index (χ4n) is 4.58. The van der Waals surface area contributed by atoms with Crippen molar-refractivity contribution in [1.29, 1.82) is 0 Å². The van der Waals surface area contributed by atoms with Gasteiger partial charge in [0.25, 0.3) is 0 Å². The second kappa shape index (κ2) is 9.65. The van der Waals surface area contributed by atoms with Crippen LogP contribution in [0.15, 0.2) is 60.9 Å². The van der Waals surface area contributed by atoms with Crippen molar-refractivity contribution in [1.82, 2.24) is 19.9 Å². The Balaban J connectivity index is 1.46. The van der Waals surface area contributed by atoms with Crippen LogP contribution < -0.4 is 5.32 Å². The number of carbonyl (C=O) groups is 2. The molecule has 1 aliphatic heterocycles. The molecule has 37 heavy (non-hydrogen) atoms. The van der Waals surface area contributed by atoms with E-state index in [9.17, 15) is 14.0 Å². The van der Waals surface area contributed by atoms with Crippen LogP contribution in [0, 0.1) is 5.82 Å². The normalized spacial score (nSPS) is 15.7. The molecule has 0 spiro atoms. The van der Waals surface area contributed by atoms with Crippen molar-refractivity contribution in [3.05, 3.63) is 66.7 Å². The summed E-state index contributed by atoms with van der Waals surface area (Å²) in [6, 6.07) is 13.0. The van der Waals surface area contributed by atoms with Crippen molar-refractivity contribution in [2.45, 2.75) is 45.3 Å². The lowest BCUT2D eigenvalue weighted by atomic mass is 10.00. The molecule has 0 unspecified atom stereocenters. The standard InChI is InChI=1S/C28H28FN5O3/c1-28(2,3)37-27(36)34-16-4-5-21(34)26(35)32-22-11-10-20-23(17-12-14-30-15-13-17)24(33-25(20)31-22)18-6-8-19(29)9-7-18/h6-15,21H,4-5,16H2,1-3H3,(H2,31,32,33,35)/t21-/m1/s1. The third-order valence-electron chi connectivity index (χ3n) is 6.19. The molecule has 1 atom stereocenters. The van der Waals surface area contributed by atoms with Crippen molar-refractivity contribution >= 4 is 28.9 Å². The Labute approximate surface area is 213 Å². The summed E-state index contributed by atoms with van der Waals surface area (Å²) in [5.74, 6) is -0.266. The van der Waals surface area contributed by atoms with Gasteiger partial charge in [0.1, 0.15) is 28.9 Å². The van der Waals surface area contributed by atoms with E-state index in [2.05, 4.69) is 20.3 Å². The molecule has 190 valence electrons. The molecule has 5 rings (SSSR count). The van der Waals surface area contributed by atoms with Crippen LogP contribution in [0.5, 0.6) is 0 Å². The Morgan fingerprint density at radius 1 is 1.05 bits per heavy atom. The molecule has 4 aromatic rings. The first-order valence-corrected chi connectivity index (χ1v) is 12.2. The predicted octanol–water partition coefficient (Wildman–Crippen LogP) is 5.77. The summed E-state index contributed by atoms with van der Waals surface area (Å²) in [6.07, 6.45) is 4.20. The molecule has 2 N–H and O–H groups in total. The van der Waals surface area contributed by atoms with E-state index in [1.54, 1.807) is 51.4 Å². The number of anilines is 1. The number of rotatable bonds is 4. The van der Waals surface area contributed by atoms with Gasteiger partial charge in [-0.05, 0) is 93.3 Å². The lowest BCUT2D eigenvalue weighted by Crippen LogP contribution is -2.45. The van der Waals surface area contributed by atoms with Crippen LogP contribution in [-0.2, 0) is 9.53 Å². The minimum atomic E-state index is -0.643. The third-order valence-corrected chi connectivity index (χ3v) is 6.19. The Hall–Kier alpha value is -4.27. The minimum absolute atomic E-state index is 0.310. The van der Waals surface area contributed by atoms with Gasteiger partial charge < -0.3 is 15.0 Å². The van der Waals surface area contributed by atoms with Gasteiger partial charge in [0.05, 0.1) is 5.69 Å². The smallest absolute Gasteiger partial charge is 0.410 e. The summed E-state index contributed by atoms with van der Waals surface area (Å²) >= 11 is 0. The Morgan fingerprint density at radius 2 is 1.78 bits per heavy atom. The van der Waals surface area contributed by atoms with Crippen LogP contribution in [0.1, 0.15) is 33.6 Å². The van der Waals surface area contributed by atoms with Gasteiger partial charge >= 0.3 is 6.09 Å². The van der Waals surface area contributed by atoms with Crippen molar-refractivity contribution in [3.63, 3.8) is 0 Å². The van der Waals surface area contributed by atoms with Crippen molar-refractivity contribution in [2.24, 2.45) is 0 Å². The van der Waals surface area contributed by atoms with E-state index in [1.807, 2.05) is 18.2 Å². The molecule has 1 fully saturated rings. The number of ether oxygens (including phenoxy) is 1. The summed E-state index contributed by atoms with van der Waals surface area (Å²) in [5.41, 5.74) is 3.34. The van der Waals surface area contributed by atoms with E-state index in [4.69, 9.17) is 4.74 Å². The number of likely N-dealkylation sites (tertiary alicyclic amines) is 1. The largest absolute Gasteiger partial charge is 0.444 e. The number of fused-ring (bicyclic) bond motifs is 1. The van der Waals surface area contributed by atoms with Crippen LogP contribution in [0.2, 0.25) is 0 Å². The fourth-order valence-corrected chi connectivity index (χ4v) is 4.58. The molecule has 9 heteroatoms. The van der Waals surface area contributed by atoms with Gasteiger partial charge in [0.15, 0.2) is 0 Å². The van der Waals surface area contributed by atoms with Crippen molar-refractivity contribution < 1.29 is 18.7 Å². The van der Waals surface area contributed by atoms with Crippen molar-refractivity contribution in [2.75, 3.05) is 11.9 Å². The maximum absolute atomic E-state index is 13.6. The summed E-state index contributed by atoms with van der Waals surface area (Å²) in [5, 5.41) is 3.71. The lowest BCUT2D eigenvalue weighted by molar-refractivity contribution is -0.120. The molecule has 8 nitrogen and oxygen atoms in total. The van der Waals surface area contributed by atoms with Gasteiger partial charge in [-0.25, -0.2) is 14.2 Å². The Bertz CT molecular complexity index is 1440. The predicted molar refractivity (Wildman–Crippen MR) is 139 cm³/mol. The van der Waals surface area contributed by atoms with Crippen LogP contribution >= 0.6 is 0 Å². The Morgan fingerprint density at radius 3 is 2.49 bits per heavy atom. The molecule has 0 bridgehead atoms. The molecule has 0 saturated carbocycles. The first-order chi connectivity index (χ1) is 17.7. The number of pyridine rings is 2. The summed E-state index contributed by atoms with van der Waals surface area (Å²) in [4.78, 5) is 39.3. The summed E-state index contributed by atoms with van der Waals surface area (Å²) < 4.78 is 19.1. The number of benzene rings is 1. The quantitative estimate of drug-likeness (QED) is 0.370. The highest BCUT2D eigenvalue weighted by Gasteiger charge is 2.36. The van der Waals surface area contributed by atoms with Gasteiger partial charge in [-0.15, -0.1) is 0 Å². The first-order valence-electron chi connectivity index (χ1n) is 12.2. The molecule has 0 aliphatic carbocycles. The number of nitrogens with one attached hydrogen (secondary N) is 2. The number of carbonyl (C=O) groups excluding carboxylic acids is 2. The highest BCUT2D eigenvalue weighted by atomic mass is 19.1. The highest BCUT2D eigenvalue weighted by Crippen LogP contribution is 2.38. The topological polar surface area (TPSA) is 100 Å². The molecule has 1 aliphatic rings. The number of hydrogen-bond donors (Lipinski definition) is 2. The maximum atomic E-state index is 13.6. The van der Waals surface area contributed by atoms with Gasteiger partial charge in [0, 0.05) is 29.9 Å². The SMILES string of the molecule is CC(C)(C)OC(=O)N1CCC[C@@H]1C(=O)Nc1ccc2c(-c3ccncc3)c(-c3ccc(F)cc3)[nH]c2n1. The molecular formula is C28H28FN5O3. The maximum Gasteiger partial charge on any atom is 0.410 e. The molecule has 4 heterocycles. The minimum Gasteiger partial charge on any atom is -0.444 e. The zero-order chi connectivity index (χ0) is 26.2. The third kappa shape index (κ3) is 5.16. The summed E-state index contributed by atoms with van der Waals surface area (Å²) in [6.45, 7) is 5.86. The second-order valence-electron chi connectivity index (χ2n) is 10.0. The van der Waals surface area contributed by atoms with Gasteiger partial charge in [-0.3, -0.25) is 14.7 Å². The number of halogens is 1. The van der Waals surface area contributed by atoms with E-state index >= 15 is 0 Å². The van der Waals surface area contributed by atoms with E-state index in [0.717, 1.165) is 34.2 Å². The summed E-state index contributed by atoms with van der Waals surface area (Å²) in [7, 11) is 0. The molecular weight excluding hydrogens is 473 g/mol. The molecule has 1 aromatic carbocycles. The van der Waals surface area contributed by atoms with E-state index < -0.39 is 17.7 Å².